The minimum atomic E-state index is -3.62. The lowest BCUT2D eigenvalue weighted by molar-refractivity contribution is -0.133. The summed E-state index contributed by atoms with van der Waals surface area (Å²) in [6, 6.07) is 12.3. The van der Waals surface area contributed by atoms with E-state index in [4.69, 9.17) is 4.74 Å². The molecular formula is C22H28FN3O4S. The topological polar surface area (TPSA) is 78.9 Å². The summed E-state index contributed by atoms with van der Waals surface area (Å²) in [5.41, 5.74) is 0.349. The fourth-order valence-corrected chi connectivity index (χ4v) is 4.70. The minimum Gasteiger partial charge on any atom is -0.484 e. The van der Waals surface area contributed by atoms with Gasteiger partial charge in [0, 0.05) is 37.4 Å². The van der Waals surface area contributed by atoms with Gasteiger partial charge in [0.1, 0.15) is 11.6 Å². The van der Waals surface area contributed by atoms with Crippen molar-refractivity contribution in [3.8, 4) is 5.75 Å². The first-order chi connectivity index (χ1) is 14.5. The zero-order chi connectivity index (χ0) is 22.6. The van der Waals surface area contributed by atoms with Crippen LogP contribution in [0.15, 0.2) is 53.4 Å². The molecule has 0 bridgehead atoms. The molecule has 1 fully saturated rings. The maximum absolute atomic E-state index is 13.1. The Hall–Kier alpha value is -2.65. The third kappa shape index (κ3) is 6.41. The minimum absolute atomic E-state index is 0.122. The van der Waals surface area contributed by atoms with E-state index in [2.05, 4.69) is 9.62 Å². The molecule has 2 aromatic carbocycles. The molecule has 0 aromatic heterocycles. The number of nitrogens with one attached hydrogen (secondary N) is 1. The normalized spacial score (nSPS) is 15.1. The van der Waals surface area contributed by atoms with Crippen molar-refractivity contribution in [3.05, 3.63) is 54.3 Å². The van der Waals surface area contributed by atoms with Gasteiger partial charge in [0.2, 0.25) is 10.0 Å². The number of rotatable bonds is 6. The van der Waals surface area contributed by atoms with E-state index in [0.717, 1.165) is 5.69 Å². The van der Waals surface area contributed by atoms with Crippen LogP contribution in [-0.4, -0.2) is 57.5 Å². The van der Waals surface area contributed by atoms with Crippen LogP contribution in [0.25, 0.3) is 0 Å². The van der Waals surface area contributed by atoms with Gasteiger partial charge in [-0.15, -0.1) is 0 Å². The number of anilines is 1. The average molecular weight is 450 g/mol. The van der Waals surface area contributed by atoms with Gasteiger partial charge in [0.15, 0.2) is 6.61 Å². The first kappa shape index (κ1) is 23.0. The number of carbonyl (C=O) groups excluding carboxylic acids is 1. The Bertz CT molecular complexity index is 995. The lowest BCUT2D eigenvalue weighted by Gasteiger charge is -2.36. The van der Waals surface area contributed by atoms with Crippen molar-refractivity contribution >= 4 is 21.6 Å². The number of hydrogen-bond donors (Lipinski definition) is 1. The van der Waals surface area contributed by atoms with E-state index in [1.165, 1.54) is 36.4 Å². The van der Waals surface area contributed by atoms with Gasteiger partial charge in [0.05, 0.1) is 4.90 Å². The predicted octanol–water partition coefficient (Wildman–Crippen LogP) is 2.63. The van der Waals surface area contributed by atoms with Crippen molar-refractivity contribution in [2.24, 2.45) is 0 Å². The number of halogens is 1. The largest absolute Gasteiger partial charge is 0.484 e. The molecule has 1 aliphatic rings. The summed E-state index contributed by atoms with van der Waals surface area (Å²) in [5.74, 6) is 0.0173. The smallest absolute Gasteiger partial charge is 0.260 e. The fraction of sp³-hybridized carbons (Fsp3) is 0.409. The molecule has 1 saturated heterocycles. The van der Waals surface area contributed by atoms with E-state index in [0.29, 0.717) is 31.9 Å². The number of piperazine rings is 1. The van der Waals surface area contributed by atoms with E-state index in [1.54, 1.807) is 37.8 Å². The van der Waals surface area contributed by atoms with Gasteiger partial charge in [-0.05, 0) is 69.3 Å². The van der Waals surface area contributed by atoms with Gasteiger partial charge in [-0.25, -0.2) is 17.5 Å². The molecule has 0 radical (unpaired) electrons. The number of hydrogen-bond acceptors (Lipinski definition) is 5. The van der Waals surface area contributed by atoms with Crippen LogP contribution in [0.3, 0.4) is 0 Å². The number of sulfonamides is 1. The molecular weight excluding hydrogens is 421 g/mol. The summed E-state index contributed by atoms with van der Waals surface area (Å²) in [4.78, 5) is 16.4. The molecule has 2 aromatic rings. The van der Waals surface area contributed by atoms with Crippen molar-refractivity contribution in [2.75, 3.05) is 37.7 Å². The van der Waals surface area contributed by atoms with Gasteiger partial charge in [-0.1, -0.05) is 0 Å². The van der Waals surface area contributed by atoms with Crippen LogP contribution in [0.1, 0.15) is 20.8 Å². The van der Waals surface area contributed by atoms with Crippen molar-refractivity contribution in [3.63, 3.8) is 0 Å². The van der Waals surface area contributed by atoms with E-state index in [-0.39, 0.29) is 23.2 Å². The maximum atomic E-state index is 13.1. The summed E-state index contributed by atoms with van der Waals surface area (Å²) >= 11 is 0. The molecule has 0 spiro atoms. The van der Waals surface area contributed by atoms with Crippen LogP contribution in [0.5, 0.6) is 5.75 Å². The molecule has 7 nitrogen and oxygen atoms in total. The summed E-state index contributed by atoms with van der Waals surface area (Å²) in [7, 11) is -3.62. The second-order valence-corrected chi connectivity index (χ2v) is 10.1. The molecule has 0 atom stereocenters. The Kier molecular flexibility index (Phi) is 6.86. The summed E-state index contributed by atoms with van der Waals surface area (Å²) < 4.78 is 45.9. The van der Waals surface area contributed by atoms with Crippen LogP contribution in [0, 0.1) is 5.82 Å². The third-order valence-electron chi connectivity index (χ3n) is 4.76. The predicted molar refractivity (Wildman–Crippen MR) is 117 cm³/mol. The highest BCUT2D eigenvalue weighted by molar-refractivity contribution is 7.89. The molecule has 1 heterocycles. The quantitative estimate of drug-likeness (QED) is 0.734. The first-order valence-electron chi connectivity index (χ1n) is 10.1. The highest BCUT2D eigenvalue weighted by atomic mass is 32.2. The Balaban J connectivity index is 1.49. The Labute approximate surface area is 182 Å². The Morgan fingerprint density at radius 3 is 2.13 bits per heavy atom. The number of nitrogens with zero attached hydrogens (tertiary/aromatic N) is 2. The zero-order valence-electron chi connectivity index (χ0n) is 18.0. The molecule has 0 unspecified atom stereocenters. The Morgan fingerprint density at radius 2 is 1.58 bits per heavy atom. The number of ether oxygens (including phenoxy) is 1. The molecule has 168 valence electrons. The van der Waals surface area contributed by atoms with Crippen molar-refractivity contribution in [1.82, 2.24) is 9.62 Å². The molecule has 3 rings (SSSR count). The highest BCUT2D eigenvalue weighted by Crippen LogP contribution is 2.19. The molecule has 1 aliphatic heterocycles. The van der Waals surface area contributed by atoms with Gasteiger partial charge in [0.25, 0.3) is 5.91 Å². The fourth-order valence-electron chi connectivity index (χ4n) is 3.28. The molecule has 0 saturated carbocycles. The van der Waals surface area contributed by atoms with Gasteiger partial charge >= 0.3 is 0 Å². The first-order valence-corrected chi connectivity index (χ1v) is 11.6. The van der Waals surface area contributed by atoms with Gasteiger partial charge in [-0.2, -0.15) is 0 Å². The molecule has 9 heteroatoms. The summed E-state index contributed by atoms with van der Waals surface area (Å²) in [6.45, 7) is 7.61. The Morgan fingerprint density at radius 1 is 1.00 bits per heavy atom. The second-order valence-electron chi connectivity index (χ2n) is 8.46. The van der Waals surface area contributed by atoms with E-state index >= 15 is 0 Å². The maximum Gasteiger partial charge on any atom is 0.260 e. The molecule has 1 amide bonds. The standard InChI is InChI=1S/C22H28FN3O4S/c1-22(2,3)24-31(28,29)20-10-8-19(9-11-20)30-16-21(27)26-14-12-25(13-15-26)18-6-4-17(23)5-7-18/h4-11,24H,12-16H2,1-3H3. The van der Waals surface area contributed by atoms with Crippen LogP contribution < -0.4 is 14.4 Å². The van der Waals surface area contributed by atoms with Crippen LogP contribution in [-0.2, 0) is 14.8 Å². The van der Waals surface area contributed by atoms with Crippen molar-refractivity contribution in [2.45, 2.75) is 31.2 Å². The zero-order valence-corrected chi connectivity index (χ0v) is 18.8. The second kappa shape index (κ2) is 9.23. The van der Waals surface area contributed by atoms with Crippen molar-refractivity contribution in [1.29, 1.82) is 0 Å². The lowest BCUT2D eigenvalue weighted by Crippen LogP contribution is -2.50. The molecule has 1 N–H and O–H groups in total. The van der Waals surface area contributed by atoms with Gasteiger partial charge in [-0.3, -0.25) is 4.79 Å². The van der Waals surface area contributed by atoms with Crippen LogP contribution in [0.2, 0.25) is 0 Å². The molecule has 0 aliphatic carbocycles. The monoisotopic (exact) mass is 449 g/mol. The number of benzene rings is 2. The SMILES string of the molecule is CC(C)(C)NS(=O)(=O)c1ccc(OCC(=O)N2CCN(c3ccc(F)cc3)CC2)cc1. The average Bonchev–Trinajstić information content (AvgIpc) is 2.71. The summed E-state index contributed by atoms with van der Waals surface area (Å²) in [5, 5.41) is 0. The van der Waals surface area contributed by atoms with E-state index in [1.807, 2.05) is 0 Å². The van der Waals surface area contributed by atoms with Crippen LogP contribution >= 0.6 is 0 Å². The lowest BCUT2D eigenvalue weighted by atomic mass is 10.1. The third-order valence-corrected chi connectivity index (χ3v) is 6.53. The highest BCUT2D eigenvalue weighted by Gasteiger charge is 2.23. The van der Waals surface area contributed by atoms with E-state index < -0.39 is 15.6 Å². The number of amides is 1. The van der Waals surface area contributed by atoms with E-state index in [9.17, 15) is 17.6 Å². The summed E-state index contributed by atoms with van der Waals surface area (Å²) in [6.07, 6.45) is 0. The molecule has 31 heavy (non-hydrogen) atoms. The van der Waals surface area contributed by atoms with Gasteiger partial charge < -0.3 is 14.5 Å². The van der Waals surface area contributed by atoms with Crippen molar-refractivity contribution < 1.29 is 22.3 Å². The van der Waals surface area contributed by atoms with Crippen LogP contribution in [0.4, 0.5) is 10.1 Å². The number of carbonyl (C=O) groups is 1.